The Morgan fingerprint density at radius 1 is 1.00 bits per heavy atom. The summed E-state index contributed by atoms with van der Waals surface area (Å²) in [7, 11) is 3.09. The maximum absolute atomic E-state index is 12.2. The highest BCUT2D eigenvalue weighted by Gasteiger charge is 2.14. The van der Waals surface area contributed by atoms with E-state index in [1.54, 1.807) is 61.0 Å². The van der Waals surface area contributed by atoms with E-state index in [0.717, 1.165) is 5.56 Å². The number of carbonyl (C=O) groups excluding carboxylic acids is 2. The fourth-order valence-corrected chi connectivity index (χ4v) is 3.50. The van der Waals surface area contributed by atoms with E-state index in [2.05, 4.69) is 10.5 Å². The quantitative estimate of drug-likeness (QED) is 0.209. The van der Waals surface area contributed by atoms with Crippen molar-refractivity contribution in [3.05, 3.63) is 69.9 Å². The predicted octanol–water partition coefficient (Wildman–Crippen LogP) is 4.08. The number of nitrogens with zero attached hydrogens (tertiary/aromatic N) is 1. The van der Waals surface area contributed by atoms with Crippen LogP contribution >= 0.6 is 11.3 Å². The lowest BCUT2D eigenvalue weighted by molar-refractivity contribution is -0.120. The molecule has 0 radical (unpaired) electrons. The molecule has 1 heterocycles. The van der Waals surface area contributed by atoms with Gasteiger partial charge >= 0.3 is 5.97 Å². The molecular formula is C24H24N2O6S. The number of rotatable bonds is 10. The molecular weight excluding hydrogens is 444 g/mol. The van der Waals surface area contributed by atoms with Crippen LogP contribution in [0.3, 0.4) is 0 Å². The molecule has 1 N–H and O–H groups in total. The van der Waals surface area contributed by atoms with E-state index in [1.165, 1.54) is 24.7 Å². The normalized spacial score (nSPS) is 10.6. The molecule has 0 aliphatic carbocycles. The van der Waals surface area contributed by atoms with Gasteiger partial charge in [-0.25, -0.2) is 10.2 Å². The fraction of sp³-hybridized carbons (Fsp3) is 0.208. The van der Waals surface area contributed by atoms with Crippen molar-refractivity contribution in [3.63, 3.8) is 0 Å². The lowest BCUT2D eigenvalue weighted by atomic mass is 10.1. The maximum Gasteiger partial charge on any atom is 0.353 e. The zero-order valence-electron chi connectivity index (χ0n) is 18.5. The Labute approximate surface area is 195 Å². The molecule has 9 heteroatoms. The number of hydrazone groups is 1. The fourth-order valence-electron chi connectivity index (χ4n) is 2.90. The van der Waals surface area contributed by atoms with Crippen molar-refractivity contribution in [2.75, 3.05) is 20.8 Å². The number of hydrogen-bond acceptors (Lipinski definition) is 8. The number of hydrogen-bond donors (Lipinski definition) is 1. The molecule has 0 aliphatic heterocycles. The zero-order valence-corrected chi connectivity index (χ0v) is 19.3. The van der Waals surface area contributed by atoms with Crippen LogP contribution in [0, 0.1) is 0 Å². The van der Waals surface area contributed by atoms with E-state index in [4.69, 9.17) is 18.9 Å². The number of carbonyl (C=O) groups is 2. The van der Waals surface area contributed by atoms with Gasteiger partial charge in [0.05, 0.1) is 33.5 Å². The molecule has 2 aromatic carbocycles. The van der Waals surface area contributed by atoms with Gasteiger partial charge in [-0.15, -0.1) is 11.3 Å². The Hall–Kier alpha value is -3.85. The molecule has 33 heavy (non-hydrogen) atoms. The van der Waals surface area contributed by atoms with Crippen molar-refractivity contribution >= 4 is 29.4 Å². The first kappa shape index (κ1) is 23.8. The highest BCUT2D eigenvalue weighted by molar-refractivity contribution is 7.12. The molecule has 0 aliphatic rings. The first-order valence-electron chi connectivity index (χ1n) is 10.1. The van der Waals surface area contributed by atoms with E-state index < -0.39 is 5.97 Å². The van der Waals surface area contributed by atoms with Crippen LogP contribution in [0.25, 0.3) is 0 Å². The molecule has 0 saturated carbocycles. The average Bonchev–Trinajstić information content (AvgIpc) is 3.36. The van der Waals surface area contributed by atoms with Crippen LogP contribution in [-0.2, 0) is 11.2 Å². The Morgan fingerprint density at radius 2 is 1.79 bits per heavy atom. The summed E-state index contributed by atoms with van der Waals surface area (Å²) in [6.07, 6.45) is 1.61. The Bertz CT molecular complexity index is 1130. The molecule has 0 spiro atoms. The highest BCUT2D eigenvalue weighted by Crippen LogP contribution is 2.29. The average molecular weight is 469 g/mol. The minimum atomic E-state index is -0.449. The summed E-state index contributed by atoms with van der Waals surface area (Å²) >= 11 is 1.30. The first-order valence-corrected chi connectivity index (χ1v) is 11.0. The maximum atomic E-state index is 12.2. The van der Waals surface area contributed by atoms with Crippen LogP contribution < -0.4 is 24.4 Å². The van der Waals surface area contributed by atoms with Gasteiger partial charge in [0.2, 0.25) is 5.91 Å². The summed E-state index contributed by atoms with van der Waals surface area (Å²) in [4.78, 5) is 25.0. The predicted molar refractivity (Wildman–Crippen MR) is 126 cm³/mol. The van der Waals surface area contributed by atoms with E-state index in [9.17, 15) is 9.59 Å². The van der Waals surface area contributed by atoms with Gasteiger partial charge in [-0.2, -0.15) is 5.10 Å². The van der Waals surface area contributed by atoms with Gasteiger partial charge < -0.3 is 18.9 Å². The van der Waals surface area contributed by atoms with Gasteiger partial charge in [0.25, 0.3) is 0 Å². The number of benzene rings is 2. The smallest absolute Gasteiger partial charge is 0.353 e. The standard InChI is InChI=1S/C24H24N2O6S/c1-4-31-21-13-17(8-10-19(21)32-24(28)22-6-5-11-33-22)15-25-26-23(27)14-16-7-9-18(29-2)20(12-16)30-3/h5-13,15H,4,14H2,1-3H3,(H,26,27). The first-order chi connectivity index (χ1) is 16.0. The molecule has 0 unspecified atom stereocenters. The third-order valence-corrected chi connectivity index (χ3v) is 5.26. The monoisotopic (exact) mass is 468 g/mol. The molecule has 0 saturated heterocycles. The zero-order chi connectivity index (χ0) is 23.6. The van der Waals surface area contributed by atoms with Gasteiger partial charge in [0.1, 0.15) is 4.88 Å². The lowest BCUT2D eigenvalue weighted by Gasteiger charge is -2.11. The summed E-state index contributed by atoms with van der Waals surface area (Å²) in [5, 5.41) is 5.81. The number of ether oxygens (including phenoxy) is 4. The molecule has 8 nitrogen and oxygen atoms in total. The largest absolute Gasteiger partial charge is 0.493 e. The summed E-state index contributed by atoms with van der Waals surface area (Å²) in [5.74, 6) is 1.12. The van der Waals surface area contributed by atoms with E-state index in [0.29, 0.717) is 40.0 Å². The topological polar surface area (TPSA) is 95.5 Å². The molecule has 0 atom stereocenters. The van der Waals surface area contributed by atoms with Crippen LogP contribution in [0.15, 0.2) is 59.0 Å². The lowest BCUT2D eigenvalue weighted by Crippen LogP contribution is -2.19. The molecule has 1 aromatic heterocycles. The van der Waals surface area contributed by atoms with Crippen molar-refractivity contribution in [2.45, 2.75) is 13.3 Å². The van der Waals surface area contributed by atoms with Gasteiger partial charge in [0, 0.05) is 0 Å². The number of amides is 1. The van der Waals surface area contributed by atoms with Crippen LogP contribution in [0.1, 0.15) is 27.7 Å². The number of esters is 1. The van der Waals surface area contributed by atoms with E-state index in [-0.39, 0.29) is 12.3 Å². The van der Waals surface area contributed by atoms with Crippen LogP contribution in [-0.4, -0.2) is 38.9 Å². The molecule has 3 rings (SSSR count). The minimum Gasteiger partial charge on any atom is -0.493 e. The SMILES string of the molecule is CCOc1cc(C=NNC(=O)Cc2ccc(OC)c(OC)c2)ccc1OC(=O)c1cccs1. The summed E-state index contributed by atoms with van der Waals surface area (Å²) < 4.78 is 21.5. The summed E-state index contributed by atoms with van der Waals surface area (Å²) in [6.45, 7) is 2.23. The Kier molecular flexibility index (Phi) is 8.43. The number of thiophene rings is 1. The third kappa shape index (κ3) is 6.56. The number of methoxy groups -OCH3 is 2. The molecule has 3 aromatic rings. The second-order valence-corrected chi connectivity index (χ2v) is 7.61. The van der Waals surface area contributed by atoms with E-state index >= 15 is 0 Å². The summed E-state index contributed by atoms with van der Waals surface area (Å²) in [6, 6.07) is 13.8. The molecule has 172 valence electrons. The minimum absolute atomic E-state index is 0.125. The summed E-state index contributed by atoms with van der Waals surface area (Å²) in [5.41, 5.74) is 3.92. The van der Waals surface area contributed by atoms with Gasteiger partial charge in [0.15, 0.2) is 23.0 Å². The third-order valence-electron chi connectivity index (χ3n) is 4.41. The number of nitrogens with one attached hydrogen (secondary N) is 1. The van der Waals surface area contributed by atoms with Crippen molar-refractivity contribution in [1.82, 2.24) is 5.43 Å². The van der Waals surface area contributed by atoms with Crippen molar-refractivity contribution < 1.29 is 28.5 Å². The van der Waals surface area contributed by atoms with E-state index in [1.807, 2.05) is 6.92 Å². The molecule has 0 fully saturated rings. The highest BCUT2D eigenvalue weighted by atomic mass is 32.1. The van der Waals surface area contributed by atoms with Crippen molar-refractivity contribution in [2.24, 2.45) is 5.10 Å². The van der Waals surface area contributed by atoms with Crippen LogP contribution in [0.2, 0.25) is 0 Å². The van der Waals surface area contributed by atoms with Gasteiger partial charge in [-0.05, 0) is 59.8 Å². The second kappa shape index (κ2) is 11.7. The van der Waals surface area contributed by atoms with Crippen LogP contribution in [0.4, 0.5) is 0 Å². The second-order valence-electron chi connectivity index (χ2n) is 6.67. The van der Waals surface area contributed by atoms with Gasteiger partial charge in [-0.3, -0.25) is 4.79 Å². The van der Waals surface area contributed by atoms with Crippen molar-refractivity contribution in [3.8, 4) is 23.0 Å². The Morgan fingerprint density at radius 3 is 2.48 bits per heavy atom. The van der Waals surface area contributed by atoms with Crippen LogP contribution in [0.5, 0.6) is 23.0 Å². The molecule has 0 bridgehead atoms. The van der Waals surface area contributed by atoms with Gasteiger partial charge in [-0.1, -0.05) is 12.1 Å². The Balaban J connectivity index is 1.62. The van der Waals surface area contributed by atoms with Crippen molar-refractivity contribution in [1.29, 1.82) is 0 Å². The molecule has 1 amide bonds.